The largest absolute Gasteiger partial charge is 0.384 e. The van der Waals surface area contributed by atoms with E-state index in [4.69, 9.17) is 9.47 Å². The van der Waals surface area contributed by atoms with E-state index in [1.165, 1.54) is 270 Å². The molecular formula is C80H146O4. The van der Waals surface area contributed by atoms with Crippen LogP contribution >= 0.6 is 0 Å². The lowest BCUT2D eigenvalue weighted by Crippen LogP contribution is -2.14. The summed E-state index contributed by atoms with van der Waals surface area (Å²) in [6.07, 6.45) is 64.4. The molecule has 0 radical (unpaired) electrons. The van der Waals surface area contributed by atoms with E-state index < -0.39 is 0 Å². The van der Waals surface area contributed by atoms with Gasteiger partial charge >= 0.3 is 0 Å². The van der Waals surface area contributed by atoms with Crippen LogP contribution in [0.5, 0.6) is 0 Å². The van der Waals surface area contributed by atoms with Gasteiger partial charge in [0.1, 0.15) is 12.6 Å². The molecule has 0 saturated heterocycles. The van der Waals surface area contributed by atoms with E-state index in [1.54, 1.807) is 0 Å². The Morgan fingerprint density at radius 3 is 1.00 bits per heavy atom. The second-order valence-electron chi connectivity index (χ2n) is 33.5. The van der Waals surface area contributed by atoms with Crippen molar-refractivity contribution < 1.29 is 19.1 Å². The zero-order valence-electron chi connectivity index (χ0n) is 58.0. The molecular weight excluding hydrogens is 1020 g/mol. The highest BCUT2D eigenvalue weighted by atomic mass is 16.5. The molecule has 0 aromatic rings. The molecule has 22 atom stereocenters. The van der Waals surface area contributed by atoms with Crippen molar-refractivity contribution in [3.63, 3.8) is 0 Å². The molecule has 0 spiro atoms. The number of hydrogen-bond donors (Lipinski definition) is 0. The average molecular weight is 1170 g/mol. The Balaban J connectivity index is 0.996. The molecule has 6 fully saturated rings. The number of methoxy groups -OCH3 is 2. The van der Waals surface area contributed by atoms with E-state index in [1.807, 2.05) is 14.2 Å². The van der Waals surface area contributed by atoms with Crippen LogP contribution in [0.15, 0.2) is 0 Å². The summed E-state index contributed by atoms with van der Waals surface area (Å²) >= 11 is 0. The molecule has 4 nitrogen and oxygen atoms in total. The lowest BCUT2D eigenvalue weighted by molar-refractivity contribution is -0.109. The molecule has 0 N–H and O–H groups in total. The fourth-order valence-corrected chi connectivity index (χ4v) is 20.4. The minimum atomic E-state index is 0.565. The minimum absolute atomic E-state index is 0.565. The predicted octanol–water partition coefficient (Wildman–Crippen LogP) is 23.6. The Morgan fingerprint density at radius 1 is 0.310 bits per heavy atom. The number of hydrogen-bond acceptors (Lipinski definition) is 4. The summed E-state index contributed by atoms with van der Waals surface area (Å²) in [6, 6.07) is 0. The second kappa shape index (κ2) is 40.9. The average Bonchev–Trinajstić information content (AvgIpc) is 4.56. The first-order valence-corrected chi connectivity index (χ1v) is 38.6. The summed E-state index contributed by atoms with van der Waals surface area (Å²) in [5.74, 6) is 19.6. The first-order valence-electron chi connectivity index (χ1n) is 38.6. The van der Waals surface area contributed by atoms with E-state index in [9.17, 15) is 9.59 Å². The molecule has 4 heteroatoms. The van der Waals surface area contributed by atoms with Crippen LogP contribution in [-0.4, -0.2) is 40.0 Å². The van der Waals surface area contributed by atoms with Gasteiger partial charge in [0.25, 0.3) is 0 Å². The Labute approximate surface area is 524 Å². The molecule has 6 aliphatic carbocycles. The molecule has 0 heterocycles. The molecule has 0 aromatic heterocycles. The zero-order valence-corrected chi connectivity index (χ0v) is 58.0. The number of carbonyl (C=O) groups is 2. The van der Waals surface area contributed by atoms with Crippen LogP contribution in [0.4, 0.5) is 0 Å². The topological polar surface area (TPSA) is 52.6 Å². The molecule has 6 saturated carbocycles. The Bertz CT molecular complexity index is 1560. The van der Waals surface area contributed by atoms with Crippen molar-refractivity contribution in [2.24, 2.45) is 130 Å². The molecule has 490 valence electrons. The Kier molecular flexibility index (Phi) is 35.2. The number of rotatable bonds is 47. The van der Waals surface area contributed by atoms with Crippen LogP contribution < -0.4 is 0 Å². The van der Waals surface area contributed by atoms with Gasteiger partial charge in [-0.15, -0.1) is 0 Å². The third kappa shape index (κ3) is 26.6. The Hall–Kier alpha value is -0.740. The van der Waals surface area contributed by atoms with Gasteiger partial charge in [0.15, 0.2) is 0 Å². The fraction of sp³-hybridized carbons (Fsp3) is 0.975. The highest BCUT2D eigenvalue weighted by Crippen LogP contribution is 2.50. The van der Waals surface area contributed by atoms with E-state index in [0.717, 1.165) is 157 Å². The summed E-state index contributed by atoms with van der Waals surface area (Å²) in [7, 11) is 3.81. The molecule has 6 rings (SSSR count). The zero-order chi connectivity index (χ0) is 60.1. The smallest absolute Gasteiger partial charge is 0.120 e. The van der Waals surface area contributed by atoms with Crippen molar-refractivity contribution >= 4 is 12.6 Å². The predicted molar refractivity (Wildman–Crippen MR) is 361 cm³/mol. The van der Waals surface area contributed by atoms with Gasteiger partial charge in [0, 0.05) is 40.3 Å². The van der Waals surface area contributed by atoms with Crippen molar-refractivity contribution in [1.82, 2.24) is 0 Å². The van der Waals surface area contributed by atoms with E-state index >= 15 is 0 Å². The third-order valence-electron chi connectivity index (χ3n) is 26.7. The van der Waals surface area contributed by atoms with Gasteiger partial charge in [-0.3, -0.25) is 0 Å². The maximum atomic E-state index is 11.0. The lowest BCUT2D eigenvalue weighted by atomic mass is 9.79. The number of aldehydes is 2. The number of ether oxygens (including phenoxy) is 2. The summed E-state index contributed by atoms with van der Waals surface area (Å²) in [4.78, 5) is 22.0. The van der Waals surface area contributed by atoms with Crippen molar-refractivity contribution in [3.8, 4) is 0 Å². The van der Waals surface area contributed by atoms with Crippen LogP contribution in [0.25, 0.3) is 0 Å². The molecule has 22 unspecified atom stereocenters. The van der Waals surface area contributed by atoms with Crippen molar-refractivity contribution in [2.45, 2.75) is 338 Å². The second-order valence-corrected chi connectivity index (χ2v) is 33.5. The van der Waals surface area contributed by atoms with Crippen molar-refractivity contribution in [1.29, 1.82) is 0 Å². The van der Waals surface area contributed by atoms with Gasteiger partial charge in [-0.1, -0.05) is 222 Å². The summed E-state index contributed by atoms with van der Waals surface area (Å²) in [5, 5.41) is 0. The van der Waals surface area contributed by atoms with E-state index in [-0.39, 0.29) is 0 Å². The fourth-order valence-electron chi connectivity index (χ4n) is 20.4. The molecule has 0 aliphatic heterocycles. The van der Waals surface area contributed by atoms with Gasteiger partial charge in [-0.2, -0.15) is 0 Å². The first-order chi connectivity index (χ1) is 40.7. The van der Waals surface area contributed by atoms with Gasteiger partial charge in [0.2, 0.25) is 0 Å². The molecule has 84 heavy (non-hydrogen) atoms. The standard InChI is InChI=1S/C80H146O4/c1-59(17-11-21-63(5)73-39-35-69(51-73)27-13-19-61(3)47-49-81)29-31-67(25-15-23-65(7)75-43-45-79(55-75)77-41-37-71(53-77)57-83-9)33-34-68(26-16-24-66(8)76-44-46-80(56-76)78-42-38-72(54-78)58-84-10)32-30-60(2)18-12-22-64(6)74-40-36-70(52-74)28-14-20-62(4)48-50-82/h49-50,59-80H,11-48,51-58H2,1-10H3. The van der Waals surface area contributed by atoms with Crippen LogP contribution in [-0.2, 0) is 19.1 Å². The van der Waals surface area contributed by atoms with Crippen LogP contribution in [0.2, 0.25) is 0 Å². The monoisotopic (exact) mass is 1170 g/mol. The van der Waals surface area contributed by atoms with Gasteiger partial charge in [-0.25, -0.2) is 0 Å². The normalized spacial score (nSPS) is 31.9. The van der Waals surface area contributed by atoms with E-state index in [2.05, 4.69) is 55.4 Å². The maximum absolute atomic E-state index is 11.0. The highest BCUT2D eigenvalue weighted by molar-refractivity contribution is 5.49. The first kappa shape index (κ1) is 72.3. The third-order valence-corrected chi connectivity index (χ3v) is 26.7. The lowest BCUT2D eigenvalue weighted by Gasteiger charge is -2.26. The molecule has 6 aliphatic rings. The van der Waals surface area contributed by atoms with Crippen molar-refractivity contribution in [3.05, 3.63) is 0 Å². The van der Waals surface area contributed by atoms with Gasteiger partial charge in [-0.05, 0) is 233 Å². The number of carbonyl (C=O) groups excluding carboxylic acids is 2. The molecule has 0 bridgehead atoms. The quantitative estimate of drug-likeness (QED) is 0.0570. The van der Waals surface area contributed by atoms with Gasteiger partial charge in [0.05, 0.1) is 0 Å². The van der Waals surface area contributed by atoms with Crippen LogP contribution in [0, 0.1) is 130 Å². The maximum Gasteiger partial charge on any atom is 0.120 e. The molecule has 0 amide bonds. The summed E-state index contributed by atoms with van der Waals surface area (Å²) < 4.78 is 11.2. The van der Waals surface area contributed by atoms with Crippen molar-refractivity contribution in [2.75, 3.05) is 27.4 Å². The Morgan fingerprint density at radius 2 is 0.619 bits per heavy atom. The van der Waals surface area contributed by atoms with Gasteiger partial charge < -0.3 is 19.1 Å². The SMILES string of the molecule is COCC1CCC(C2CCC(C(C)CCCC(CCC(C)CCCC(C)C3CCC(CCCC(C)CC=O)C3)CCC(CCCC(C)C3CCC(C4CCC(COC)C4)C3)CCC(C)CCCC(C)C3CCC(CCCC(C)CC=O)C3)C2)C1. The summed E-state index contributed by atoms with van der Waals surface area (Å²) in [6.45, 7) is 22.3. The summed E-state index contributed by atoms with van der Waals surface area (Å²) in [5.41, 5.74) is 0. The van der Waals surface area contributed by atoms with E-state index in [0.29, 0.717) is 11.8 Å². The molecule has 0 aromatic carbocycles. The van der Waals surface area contributed by atoms with Crippen LogP contribution in [0.1, 0.15) is 338 Å². The minimum Gasteiger partial charge on any atom is -0.384 e. The highest BCUT2D eigenvalue weighted by Gasteiger charge is 2.39. The van der Waals surface area contributed by atoms with Crippen LogP contribution in [0.3, 0.4) is 0 Å².